The zero-order valence-corrected chi connectivity index (χ0v) is 16.5. The second-order valence-corrected chi connectivity index (χ2v) is 5.64. The van der Waals surface area contributed by atoms with Crippen molar-refractivity contribution in [3.05, 3.63) is 53.3 Å². The molecule has 8 nitrogen and oxygen atoms in total. The molecule has 1 unspecified atom stereocenters. The van der Waals surface area contributed by atoms with Crippen LogP contribution in [0.2, 0.25) is 0 Å². The van der Waals surface area contributed by atoms with Gasteiger partial charge in [-0.05, 0) is 44.2 Å². The molecule has 1 atom stereocenters. The van der Waals surface area contributed by atoms with E-state index < -0.39 is 23.7 Å². The molecule has 28 heavy (non-hydrogen) atoms. The van der Waals surface area contributed by atoms with E-state index in [1.54, 1.807) is 19.1 Å². The summed E-state index contributed by atoms with van der Waals surface area (Å²) in [6.45, 7) is 3.37. The van der Waals surface area contributed by atoms with Gasteiger partial charge in [-0.2, -0.15) is 0 Å². The van der Waals surface area contributed by atoms with Gasteiger partial charge in [-0.15, -0.1) is 12.4 Å². The average molecular weight is 408 g/mol. The number of anilines is 1. The van der Waals surface area contributed by atoms with E-state index in [1.165, 1.54) is 38.4 Å². The number of carbonyl (C=O) groups excluding carboxylic acids is 3. The van der Waals surface area contributed by atoms with Gasteiger partial charge in [-0.1, -0.05) is 0 Å². The number of methoxy groups -OCH3 is 1. The van der Waals surface area contributed by atoms with Gasteiger partial charge in [0.2, 0.25) is 5.91 Å². The number of nitrogens with two attached hydrogens (primary N) is 1. The molecule has 150 valence electrons. The fraction of sp³-hybridized carbons (Fsp3) is 0.263. The molecule has 0 saturated heterocycles. The number of esters is 1. The number of amides is 1. The second kappa shape index (κ2) is 10.4. The summed E-state index contributed by atoms with van der Waals surface area (Å²) in [6, 6.07) is 6.85. The number of rotatable bonds is 7. The van der Waals surface area contributed by atoms with Crippen molar-refractivity contribution in [2.75, 3.05) is 19.0 Å². The van der Waals surface area contributed by atoms with E-state index in [9.17, 15) is 14.4 Å². The number of hydrogen-bond donors (Lipinski definition) is 2. The van der Waals surface area contributed by atoms with Crippen molar-refractivity contribution in [3.8, 4) is 5.75 Å². The normalized spacial score (nSPS) is 11.0. The third kappa shape index (κ3) is 5.28. The van der Waals surface area contributed by atoms with Crippen LogP contribution in [-0.2, 0) is 9.53 Å². The largest absolute Gasteiger partial charge is 0.495 e. The Balaban J connectivity index is 0.00000392. The highest BCUT2D eigenvalue weighted by molar-refractivity contribution is 6.14. The minimum absolute atomic E-state index is 0. The number of carbonyl (C=O) groups is 3. The molecule has 0 bridgehead atoms. The van der Waals surface area contributed by atoms with E-state index in [-0.39, 0.29) is 35.8 Å². The molecule has 0 spiro atoms. The third-order valence-electron chi connectivity index (χ3n) is 3.65. The van der Waals surface area contributed by atoms with Crippen LogP contribution in [0.25, 0.3) is 0 Å². The van der Waals surface area contributed by atoms with E-state index in [0.29, 0.717) is 11.4 Å². The summed E-state index contributed by atoms with van der Waals surface area (Å²) in [5.74, 6) is -1.17. The van der Waals surface area contributed by atoms with Gasteiger partial charge in [0, 0.05) is 11.8 Å². The molecule has 0 aliphatic rings. The van der Waals surface area contributed by atoms with Crippen molar-refractivity contribution in [2.45, 2.75) is 19.9 Å². The van der Waals surface area contributed by atoms with E-state index in [4.69, 9.17) is 15.2 Å². The van der Waals surface area contributed by atoms with E-state index in [0.717, 1.165) is 0 Å². The quantitative estimate of drug-likeness (QED) is 0.533. The van der Waals surface area contributed by atoms with Crippen LogP contribution in [0.1, 0.15) is 40.3 Å². The molecular weight excluding hydrogens is 386 g/mol. The molecular formula is C19H22ClN3O5. The van der Waals surface area contributed by atoms with Crippen molar-refractivity contribution in [2.24, 2.45) is 5.73 Å². The maximum Gasteiger partial charge on any atom is 0.357 e. The average Bonchev–Trinajstić information content (AvgIpc) is 2.67. The van der Waals surface area contributed by atoms with Gasteiger partial charge in [-0.25, -0.2) is 9.78 Å². The monoisotopic (exact) mass is 407 g/mol. The molecule has 0 aliphatic heterocycles. The Bertz CT molecular complexity index is 870. The van der Waals surface area contributed by atoms with Crippen molar-refractivity contribution >= 4 is 35.8 Å². The molecule has 3 N–H and O–H groups in total. The standard InChI is InChI=1S/C19H21N3O5.ClH/c1-4-27-19(25)16-13(6-5-9-21-16)17(23)12-7-8-15(26-3)14(10-12)22-18(24)11(2)20;/h5-11H,4,20H2,1-3H3,(H,22,24);1H. The first-order valence-electron chi connectivity index (χ1n) is 8.30. The molecule has 1 aromatic carbocycles. The van der Waals surface area contributed by atoms with Crippen LogP contribution in [0.3, 0.4) is 0 Å². The molecule has 9 heteroatoms. The third-order valence-corrected chi connectivity index (χ3v) is 3.65. The van der Waals surface area contributed by atoms with Crippen molar-refractivity contribution < 1.29 is 23.9 Å². The lowest BCUT2D eigenvalue weighted by Gasteiger charge is -2.13. The number of benzene rings is 1. The number of ether oxygens (including phenoxy) is 2. The minimum Gasteiger partial charge on any atom is -0.495 e. The highest BCUT2D eigenvalue weighted by atomic mass is 35.5. The lowest BCUT2D eigenvalue weighted by molar-refractivity contribution is -0.117. The maximum atomic E-state index is 12.9. The van der Waals surface area contributed by atoms with Crippen LogP contribution >= 0.6 is 12.4 Å². The van der Waals surface area contributed by atoms with Crippen LogP contribution in [0.4, 0.5) is 5.69 Å². The van der Waals surface area contributed by atoms with Crippen LogP contribution < -0.4 is 15.8 Å². The number of hydrogen-bond acceptors (Lipinski definition) is 7. The molecule has 0 fully saturated rings. The number of ketones is 1. The highest BCUT2D eigenvalue weighted by Gasteiger charge is 2.22. The van der Waals surface area contributed by atoms with Gasteiger partial charge < -0.3 is 20.5 Å². The van der Waals surface area contributed by atoms with Gasteiger partial charge in [0.15, 0.2) is 11.5 Å². The molecule has 0 saturated carbocycles. The summed E-state index contributed by atoms with van der Waals surface area (Å²) in [4.78, 5) is 40.8. The first-order valence-corrected chi connectivity index (χ1v) is 8.30. The zero-order chi connectivity index (χ0) is 20.0. The lowest BCUT2D eigenvalue weighted by atomic mass is 10.0. The Morgan fingerprint density at radius 1 is 1.25 bits per heavy atom. The van der Waals surface area contributed by atoms with Crippen LogP contribution in [0.15, 0.2) is 36.5 Å². The van der Waals surface area contributed by atoms with Gasteiger partial charge in [0.05, 0.1) is 31.0 Å². The van der Waals surface area contributed by atoms with Crippen LogP contribution in [0.5, 0.6) is 5.75 Å². The molecule has 2 aromatic rings. The predicted molar refractivity (Wildman–Crippen MR) is 106 cm³/mol. The summed E-state index contributed by atoms with van der Waals surface area (Å²) in [5, 5.41) is 2.62. The molecule has 0 radical (unpaired) electrons. The fourth-order valence-corrected chi connectivity index (χ4v) is 2.30. The van der Waals surface area contributed by atoms with Crippen molar-refractivity contribution in [3.63, 3.8) is 0 Å². The molecule has 2 rings (SSSR count). The lowest BCUT2D eigenvalue weighted by Crippen LogP contribution is -2.32. The summed E-state index contributed by atoms with van der Waals surface area (Å²) in [6.07, 6.45) is 1.41. The fourth-order valence-electron chi connectivity index (χ4n) is 2.30. The zero-order valence-electron chi connectivity index (χ0n) is 15.7. The van der Waals surface area contributed by atoms with Gasteiger partial charge >= 0.3 is 5.97 Å². The van der Waals surface area contributed by atoms with Gasteiger partial charge in [0.1, 0.15) is 5.75 Å². The van der Waals surface area contributed by atoms with Gasteiger partial charge in [-0.3, -0.25) is 9.59 Å². The maximum absolute atomic E-state index is 12.9. The molecule has 0 aliphatic carbocycles. The van der Waals surface area contributed by atoms with Crippen LogP contribution in [-0.4, -0.2) is 42.4 Å². The Kier molecular flexibility index (Phi) is 8.56. The van der Waals surface area contributed by atoms with Crippen LogP contribution in [0, 0.1) is 0 Å². The Labute approximate surface area is 168 Å². The second-order valence-electron chi connectivity index (χ2n) is 5.64. The Hall–Kier alpha value is -2.97. The topological polar surface area (TPSA) is 121 Å². The smallest absolute Gasteiger partial charge is 0.357 e. The summed E-state index contributed by atoms with van der Waals surface area (Å²) >= 11 is 0. The summed E-state index contributed by atoms with van der Waals surface area (Å²) in [7, 11) is 1.44. The summed E-state index contributed by atoms with van der Waals surface area (Å²) in [5.41, 5.74) is 6.14. The number of pyridine rings is 1. The van der Waals surface area contributed by atoms with Gasteiger partial charge in [0.25, 0.3) is 0 Å². The minimum atomic E-state index is -0.734. The van der Waals surface area contributed by atoms with E-state index in [1.807, 2.05) is 0 Å². The SMILES string of the molecule is CCOC(=O)c1ncccc1C(=O)c1ccc(OC)c(NC(=O)C(C)N)c1.Cl. The van der Waals surface area contributed by atoms with E-state index >= 15 is 0 Å². The predicted octanol–water partition coefficient (Wildman–Crippen LogP) is 2.21. The van der Waals surface area contributed by atoms with Crippen molar-refractivity contribution in [1.29, 1.82) is 0 Å². The number of nitrogens with zero attached hydrogens (tertiary/aromatic N) is 1. The highest BCUT2D eigenvalue weighted by Crippen LogP contribution is 2.27. The Morgan fingerprint density at radius 3 is 2.57 bits per heavy atom. The Morgan fingerprint density at radius 2 is 1.96 bits per heavy atom. The van der Waals surface area contributed by atoms with E-state index in [2.05, 4.69) is 10.3 Å². The molecule has 1 heterocycles. The number of aromatic nitrogens is 1. The summed E-state index contributed by atoms with van der Waals surface area (Å²) < 4.78 is 10.2. The number of nitrogens with one attached hydrogen (secondary N) is 1. The van der Waals surface area contributed by atoms with Crippen molar-refractivity contribution in [1.82, 2.24) is 4.98 Å². The molecule has 1 aromatic heterocycles. The molecule has 1 amide bonds. The number of halogens is 1. The first-order chi connectivity index (χ1) is 12.9. The first kappa shape index (κ1) is 23.1.